The normalized spacial score (nSPS) is 12.5. The predicted molar refractivity (Wildman–Crippen MR) is 131 cm³/mol. The summed E-state index contributed by atoms with van der Waals surface area (Å²) in [5, 5.41) is 1.14. The van der Waals surface area contributed by atoms with Gasteiger partial charge in [0.25, 0.3) is 5.56 Å². The molecule has 0 aliphatic carbocycles. The van der Waals surface area contributed by atoms with Gasteiger partial charge in [0.05, 0.1) is 22.6 Å². The zero-order chi connectivity index (χ0) is 23.4. The van der Waals surface area contributed by atoms with Gasteiger partial charge in [-0.15, -0.1) is 0 Å². The molecule has 2 aromatic carbocycles. The van der Waals surface area contributed by atoms with E-state index in [1.807, 2.05) is 56.0 Å². The van der Waals surface area contributed by atoms with Crippen molar-refractivity contribution in [1.82, 2.24) is 14.5 Å². The number of benzene rings is 2. The van der Waals surface area contributed by atoms with Crippen molar-refractivity contribution in [3.05, 3.63) is 69.7 Å². The van der Waals surface area contributed by atoms with Crippen molar-refractivity contribution in [1.29, 1.82) is 0 Å². The van der Waals surface area contributed by atoms with Crippen molar-refractivity contribution in [2.45, 2.75) is 53.5 Å². The molecule has 1 unspecified atom stereocenters. The molecule has 6 heteroatoms. The number of amides is 1. The van der Waals surface area contributed by atoms with Crippen molar-refractivity contribution in [2.75, 3.05) is 6.54 Å². The maximum absolute atomic E-state index is 13.6. The highest BCUT2D eigenvalue weighted by molar-refractivity contribution is 6.30. The van der Waals surface area contributed by atoms with Crippen LogP contribution in [0, 0.1) is 11.8 Å². The monoisotopic (exact) mass is 453 g/mol. The van der Waals surface area contributed by atoms with E-state index in [1.54, 1.807) is 22.8 Å². The average Bonchev–Trinajstić information content (AvgIpc) is 2.74. The molecule has 0 aliphatic rings. The average molecular weight is 454 g/mol. The van der Waals surface area contributed by atoms with Crippen LogP contribution >= 0.6 is 11.6 Å². The highest BCUT2D eigenvalue weighted by Gasteiger charge is 2.27. The third-order valence-corrected chi connectivity index (χ3v) is 5.83. The molecule has 1 amide bonds. The second-order valence-electron chi connectivity index (χ2n) is 9.15. The van der Waals surface area contributed by atoms with Gasteiger partial charge in [-0.2, -0.15) is 0 Å². The molecule has 1 aromatic heterocycles. The van der Waals surface area contributed by atoms with Gasteiger partial charge in [-0.1, -0.05) is 51.4 Å². The zero-order valence-electron chi connectivity index (χ0n) is 19.5. The van der Waals surface area contributed by atoms with Crippen LogP contribution in [-0.2, 0) is 4.79 Å². The Morgan fingerprint density at radius 2 is 1.66 bits per heavy atom. The van der Waals surface area contributed by atoms with Crippen molar-refractivity contribution < 1.29 is 4.79 Å². The second kappa shape index (κ2) is 10.3. The molecule has 0 fully saturated rings. The Morgan fingerprint density at radius 1 is 1.00 bits per heavy atom. The van der Waals surface area contributed by atoms with Gasteiger partial charge in [0.1, 0.15) is 5.82 Å². The number of halogens is 1. The number of rotatable bonds is 8. The summed E-state index contributed by atoms with van der Waals surface area (Å²) in [4.78, 5) is 33.5. The lowest BCUT2D eigenvalue weighted by Crippen LogP contribution is -2.38. The second-order valence-corrected chi connectivity index (χ2v) is 9.58. The van der Waals surface area contributed by atoms with E-state index in [9.17, 15) is 9.59 Å². The molecule has 3 rings (SSSR count). The summed E-state index contributed by atoms with van der Waals surface area (Å²) in [6.07, 6.45) is 1.34. The lowest BCUT2D eigenvalue weighted by molar-refractivity contribution is -0.134. The number of hydrogen-bond acceptors (Lipinski definition) is 3. The van der Waals surface area contributed by atoms with E-state index in [1.165, 1.54) is 0 Å². The summed E-state index contributed by atoms with van der Waals surface area (Å²) in [6, 6.07) is 14.1. The van der Waals surface area contributed by atoms with Gasteiger partial charge >= 0.3 is 0 Å². The zero-order valence-corrected chi connectivity index (χ0v) is 20.3. The van der Waals surface area contributed by atoms with E-state index in [-0.39, 0.29) is 23.4 Å². The fourth-order valence-corrected chi connectivity index (χ4v) is 3.93. The molecule has 1 heterocycles. The molecule has 0 saturated carbocycles. The Kier molecular flexibility index (Phi) is 7.73. The van der Waals surface area contributed by atoms with E-state index in [0.717, 1.165) is 6.42 Å². The molecule has 0 N–H and O–H groups in total. The van der Waals surface area contributed by atoms with Gasteiger partial charge in [0, 0.05) is 18.0 Å². The van der Waals surface area contributed by atoms with Crippen molar-refractivity contribution in [3.8, 4) is 5.69 Å². The number of hydrogen-bond donors (Lipinski definition) is 0. The minimum Gasteiger partial charge on any atom is -0.333 e. The number of carbonyl (C=O) groups is 1. The highest BCUT2D eigenvalue weighted by atomic mass is 35.5. The smallest absolute Gasteiger partial charge is 0.266 e. The molecule has 0 saturated heterocycles. The fourth-order valence-electron chi connectivity index (χ4n) is 3.81. The maximum atomic E-state index is 13.6. The van der Waals surface area contributed by atoms with Crippen LogP contribution in [0.5, 0.6) is 0 Å². The van der Waals surface area contributed by atoms with Crippen LogP contribution in [0.4, 0.5) is 0 Å². The molecule has 0 spiro atoms. The molecule has 0 bridgehead atoms. The van der Waals surface area contributed by atoms with Gasteiger partial charge in [0.15, 0.2) is 0 Å². The van der Waals surface area contributed by atoms with Crippen LogP contribution in [0.25, 0.3) is 16.6 Å². The first-order valence-corrected chi connectivity index (χ1v) is 11.6. The Balaban J connectivity index is 2.19. The molecule has 0 aliphatic heterocycles. The molecular weight excluding hydrogens is 422 g/mol. The van der Waals surface area contributed by atoms with Crippen molar-refractivity contribution in [2.24, 2.45) is 11.8 Å². The van der Waals surface area contributed by atoms with E-state index in [4.69, 9.17) is 16.6 Å². The van der Waals surface area contributed by atoms with Crippen molar-refractivity contribution in [3.63, 3.8) is 0 Å². The van der Waals surface area contributed by atoms with Gasteiger partial charge in [-0.25, -0.2) is 4.98 Å². The Hall–Kier alpha value is -2.66. The molecule has 5 nitrogen and oxygen atoms in total. The van der Waals surface area contributed by atoms with E-state index < -0.39 is 0 Å². The Labute approximate surface area is 195 Å². The quantitative estimate of drug-likeness (QED) is 0.419. The third-order valence-electron chi connectivity index (χ3n) is 5.58. The first-order valence-electron chi connectivity index (χ1n) is 11.3. The van der Waals surface area contributed by atoms with Crippen LogP contribution in [0.2, 0.25) is 5.02 Å². The number of fused-ring (bicyclic) bond motifs is 1. The van der Waals surface area contributed by atoms with E-state index >= 15 is 0 Å². The predicted octanol–water partition coefficient (Wildman–Crippen LogP) is 6.02. The molecule has 3 aromatic rings. The van der Waals surface area contributed by atoms with Gasteiger partial charge in [-0.3, -0.25) is 14.2 Å². The van der Waals surface area contributed by atoms with E-state index in [2.05, 4.69) is 13.8 Å². The van der Waals surface area contributed by atoms with E-state index in [0.29, 0.717) is 46.3 Å². The van der Waals surface area contributed by atoms with Crippen LogP contribution in [0.15, 0.2) is 53.3 Å². The number of nitrogens with zero attached hydrogens (tertiary/aromatic N) is 3. The molecule has 1 atom stereocenters. The standard InChI is InChI=1S/C26H32ClN3O2/c1-17(2)14-15-29(24(31)16-18(3)4)19(5)25-28-23-9-7-6-8-22(23)26(32)30(25)21-12-10-20(27)11-13-21/h6-13,17-19H,14-16H2,1-5H3. The van der Waals surface area contributed by atoms with Gasteiger partial charge in [-0.05, 0) is 61.6 Å². The van der Waals surface area contributed by atoms with Crippen LogP contribution < -0.4 is 5.56 Å². The summed E-state index contributed by atoms with van der Waals surface area (Å²) >= 11 is 6.09. The van der Waals surface area contributed by atoms with Crippen LogP contribution in [0.1, 0.15) is 59.3 Å². The summed E-state index contributed by atoms with van der Waals surface area (Å²) in [5.74, 6) is 1.34. The number of aromatic nitrogens is 2. The summed E-state index contributed by atoms with van der Waals surface area (Å²) in [7, 11) is 0. The van der Waals surface area contributed by atoms with Gasteiger partial charge < -0.3 is 4.90 Å². The molecule has 32 heavy (non-hydrogen) atoms. The SMILES string of the molecule is CC(C)CCN(C(=O)CC(C)C)C(C)c1nc2ccccc2c(=O)n1-c1ccc(Cl)cc1. The van der Waals surface area contributed by atoms with Crippen molar-refractivity contribution >= 4 is 28.4 Å². The minimum absolute atomic E-state index is 0.0817. The summed E-state index contributed by atoms with van der Waals surface area (Å²) < 4.78 is 1.62. The largest absolute Gasteiger partial charge is 0.333 e. The summed E-state index contributed by atoms with van der Waals surface area (Å²) in [6.45, 7) is 11.0. The topological polar surface area (TPSA) is 55.2 Å². The minimum atomic E-state index is -0.368. The lowest BCUT2D eigenvalue weighted by atomic mass is 10.1. The maximum Gasteiger partial charge on any atom is 0.266 e. The first-order chi connectivity index (χ1) is 15.2. The summed E-state index contributed by atoms with van der Waals surface area (Å²) in [5.41, 5.74) is 1.16. The number of carbonyl (C=O) groups excluding carboxylic acids is 1. The Bertz CT molecular complexity index is 1140. The molecule has 170 valence electrons. The Morgan fingerprint density at radius 3 is 2.28 bits per heavy atom. The lowest BCUT2D eigenvalue weighted by Gasteiger charge is -2.31. The fraction of sp³-hybridized carbons (Fsp3) is 0.423. The molecule has 0 radical (unpaired) electrons. The van der Waals surface area contributed by atoms with Crippen LogP contribution in [0.3, 0.4) is 0 Å². The highest BCUT2D eigenvalue weighted by Crippen LogP contribution is 2.25. The molecular formula is C26H32ClN3O2. The first kappa shape index (κ1) is 24.0. The third kappa shape index (κ3) is 5.39. The van der Waals surface area contributed by atoms with Crippen LogP contribution in [-0.4, -0.2) is 26.9 Å². The number of para-hydroxylation sites is 1. The van der Waals surface area contributed by atoms with Gasteiger partial charge in [0.2, 0.25) is 5.91 Å².